The van der Waals surface area contributed by atoms with Crippen LogP contribution in [0.4, 0.5) is 0 Å². The smallest absolute Gasteiger partial charge is 0.216 e. The molecular formula is C23H21N4O+. The molecule has 4 heterocycles. The summed E-state index contributed by atoms with van der Waals surface area (Å²) in [7, 11) is 4.08. The minimum Gasteiger partial charge on any atom is -0.455 e. The van der Waals surface area contributed by atoms with Crippen LogP contribution in [-0.2, 0) is 14.1 Å². The molecule has 5 heteroatoms. The molecule has 0 aliphatic rings. The SMILES string of the molecule is Cc1cc2oc3c(-c4cccc[n+]4C)c(C)c(-c4nccn4C)cc3c2cn1. The molecule has 0 saturated heterocycles. The van der Waals surface area contributed by atoms with E-state index in [-0.39, 0.29) is 0 Å². The van der Waals surface area contributed by atoms with E-state index in [2.05, 4.69) is 52.9 Å². The Morgan fingerprint density at radius 1 is 1.07 bits per heavy atom. The molecule has 0 radical (unpaired) electrons. The van der Waals surface area contributed by atoms with Gasteiger partial charge in [0.15, 0.2) is 6.20 Å². The van der Waals surface area contributed by atoms with E-state index in [0.717, 1.165) is 55.8 Å². The van der Waals surface area contributed by atoms with Crippen LogP contribution in [0.5, 0.6) is 0 Å². The fourth-order valence-electron chi connectivity index (χ4n) is 3.94. The maximum absolute atomic E-state index is 6.38. The van der Waals surface area contributed by atoms with Gasteiger partial charge in [-0.05, 0) is 31.5 Å². The molecule has 0 atom stereocenters. The van der Waals surface area contributed by atoms with Crippen LogP contribution in [-0.4, -0.2) is 14.5 Å². The van der Waals surface area contributed by atoms with Crippen molar-refractivity contribution in [3.05, 3.63) is 66.4 Å². The number of rotatable bonds is 2. The molecular weight excluding hydrogens is 348 g/mol. The summed E-state index contributed by atoms with van der Waals surface area (Å²) in [4.78, 5) is 9.10. The highest BCUT2D eigenvalue weighted by Gasteiger charge is 2.24. The Labute approximate surface area is 162 Å². The van der Waals surface area contributed by atoms with Crippen molar-refractivity contribution >= 4 is 21.9 Å². The first kappa shape index (κ1) is 16.7. The van der Waals surface area contributed by atoms with E-state index < -0.39 is 0 Å². The largest absolute Gasteiger partial charge is 0.455 e. The van der Waals surface area contributed by atoms with E-state index >= 15 is 0 Å². The van der Waals surface area contributed by atoms with E-state index in [4.69, 9.17) is 4.42 Å². The second kappa shape index (κ2) is 6.02. The maximum atomic E-state index is 6.38. The zero-order valence-electron chi connectivity index (χ0n) is 16.4. The summed E-state index contributed by atoms with van der Waals surface area (Å²) in [5.74, 6) is 0.939. The van der Waals surface area contributed by atoms with Crippen LogP contribution < -0.4 is 4.57 Å². The minimum absolute atomic E-state index is 0.860. The van der Waals surface area contributed by atoms with E-state index in [1.54, 1.807) is 0 Å². The number of imidazole rings is 1. The van der Waals surface area contributed by atoms with Crippen molar-refractivity contribution in [3.8, 4) is 22.6 Å². The van der Waals surface area contributed by atoms with Gasteiger partial charge in [0.05, 0.1) is 5.56 Å². The summed E-state index contributed by atoms with van der Waals surface area (Å²) in [5, 5.41) is 2.08. The third-order valence-electron chi connectivity index (χ3n) is 5.42. The van der Waals surface area contributed by atoms with Crippen molar-refractivity contribution in [3.63, 3.8) is 0 Å². The predicted molar refractivity (Wildman–Crippen MR) is 110 cm³/mol. The normalized spacial score (nSPS) is 11.6. The lowest BCUT2D eigenvalue weighted by Gasteiger charge is -2.11. The summed E-state index contributed by atoms with van der Waals surface area (Å²) in [5.41, 5.74) is 7.13. The van der Waals surface area contributed by atoms with Gasteiger partial charge < -0.3 is 8.98 Å². The number of hydrogen-bond acceptors (Lipinski definition) is 3. The van der Waals surface area contributed by atoms with Gasteiger partial charge in [-0.25, -0.2) is 9.55 Å². The monoisotopic (exact) mass is 369 g/mol. The first-order chi connectivity index (χ1) is 13.5. The summed E-state index contributed by atoms with van der Waals surface area (Å²) >= 11 is 0. The number of aryl methyl sites for hydroxylation is 3. The highest BCUT2D eigenvalue weighted by Crippen LogP contribution is 2.41. The average Bonchev–Trinajstić information content (AvgIpc) is 3.25. The van der Waals surface area contributed by atoms with Crippen LogP contribution in [0.3, 0.4) is 0 Å². The van der Waals surface area contributed by atoms with Crippen LogP contribution in [0.2, 0.25) is 0 Å². The van der Waals surface area contributed by atoms with Crippen LogP contribution in [0.25, 0.3) is 44.6 Å². The van der Waals surface area contributed by atoms with E-state index in [9.17, 15) is 0 Å². The predicted octanol–water partition coefficient (Wildman–Crippen LogP) is 4.49. The van der Waals surface area contributed by atoms with Gasteiger partial charge in [0, 0.05) is 65.9 Å². The Bertz CT molecular complexity index is 1360. The Morgan fingerprint density at radius 2 is 1.93 bits per heavy atom. The minimum atomic E-state index is 0.860. The first-order valence-electron chi connectivity index (χ1n) is 9.30. The standard InChI is InChI=1S/C23H21N4O/c1-14-11-20-18(13-25-14)17-12-16(23-24-8-10-27(23)4)15(2)21(22(17)28-20)19-7-5-6-9-26(19)3/h5-13H,1-4H3/q+1. The highest BCUT2D eigenvalue weighted by atomic mass is 16.3. The van der Waals surface area contributed by atoms with Gasteiger partial charge >= 0.3 is 0 Å². The van der Waals surface area contributed by atoms with Gasteiger partial charge in [-0.3, -0.25) is 4.98 Å². The average molecular weight is 369 g/mol. The van der Waals surface area contributed by atoms with Gasteiger partial charge in [-0.15, -0.1) is 0 Å². The van der Waals surface area contributed by atoms with Crippen LogP contribution in [0.15, 0.2) is 59.5 Å². The summed E-state index contributed by atoms with van der Waals surface area (Å²) in [6, 6.07) is 10.4. The lowest BCUT2D eigenvalue weighted by molar-refractivity contribution is -0.660. The van der Waals surface area contributed by atoms with Crippen LogP contribution >= 0.6 is 0 Å². The number of nitrogens with zero attached hydrogens (tertiary/aromatic N) is 4. The van der Waals surface area contributed by atoms with Crippen molar-refractivity contribution < 1.29 is 8.98 Å². The zero-order chi connectivity index (χ0) is 19.4. The molecule has 4 aromatic heterocycles. The number of furan rings is 1. The summed E-state index contributed by atoms with van der Waals surface area (Å²) < 4.78 is 10.6. The third-order valence-corrected chi connectivity index (χ3v) is 5.42. The zero-order valence-corrected chi connectivity index (χ0v) is 16.4. The van der Waals surface area contributed by atoms with Crippen molar-refractivity contribution in [2.45, 2.75) is 13.8 Å². The highest BCUT2D eigenvalue weighted by molar-refractivity contribution is 6.11. The Balaban J connectivity index is 1.98. The molecule has 28 heavy (non-hydrogen) atoms. The lowest BCUT2D eigenvalue weighted by Crippen LogP contribution is -2.30. The molecule has 5 nitrogen and oxygen atoms in total. The number of aromatic nitrogens is 4. The summed E-state index contributed by atoms with van der Waals surface area (Å²) in [6.07, 6.45) is 7.77. The Kier molecular flexibility index (Phi) is 3.59. The molecule has 5 aromatic rings. The fraction of sp³-hybridized carbons (Fsp3) is 0.174. The topological polar surface area (TPSA) is 47.7 Å². The molecule has 0 aliphatic carbocycles. The molecule has 138 valence electrons. The molecule has 0 fully saturated rings. The molecule has 0 saturated carbocycles. The van der Waals surface area contributed by atoms with Crippen molar-refractivity contribution in [2.75, 3.05) is 0 Å². The second-order valence-corrected chi connectivity index (χ2v) is 7.28. The quantitative estimate of drug-likeness (QED) is 0.431. The van der Waals surface area contributed by atoms with Gasteiger partial charge in [-0.1, -0.05) is 0 Å². The van der Waals surface area contributed by atoms with E-state index in [1.165, 1.54) is 0 Å². The van der Waals surface area contributed by atoms with Crippen molar-refractivity contribution in [1.29, 1.82) is 0 Å². The fourth-order valence-corrected chi connectivity index (χ4v) is 3.94. The Morgan fingerprint density at radius 3 is 2.68 bits per heavy atom. The van der Waals surface area contributed by atoms with Gasteiger partial charge in [-0.2, -0.15) is 0 Å². The molecule has 0 aliphatic heterocycles. The van der Waals surface area contributed by atoms with E-state index in [1.807, 2.05) is 49.3 Å². The molecule has 0 unspecified atom stereocenters. The number of fused-ring (bicyclic) bond motifs is 3. The third kappa shape index (κ3) is 2.36. The van der Waals surface area contributed by atoms with Crippen LogP contribution in [0, 0.1) is 13.8 Å². The van der Waals surface area contributed by atoms with Gasteiger partial charge in [0.2, 0.25) is 5.69 Å². The molecule has 1 aromatic carbocycles. The van der Waals surface area contributed by atoms with Gasteiger partial charge in [0.1, 0.15) is 24.0 Å². The molecule has 0 bridgehead atoms. The van der Waals surface area contributed by atoms with E-state index in [0.29, 0.717) is 0 Å². The molecule has 0 amide bonds. The molecule has 5 rings (SSSR count). The lowest BCUT2D eigenvalue weighted by atomic mass is 9.95. The van der Waals surface area contributed by atoms with Crippen LogP contribution in [0.1, 0.15) is 11.3 Å². The Hall–Kier alpha value is -3.47. The van der Waals surface area contributed by atoms with Crippen molar-refractivity contribution in [2.24, 2.45) is 14.1 Å². The molecule has 0 N–H and O–H groups in total. The summed E-state index contributed by atoms with van der Waals surface area (Å²) in [6.45, 7) is 4.12. The van der Waals surface area contributed by atoms with Crippen molar-refractivity contribution in [1.82, 2.24) is 14.5 Å². The second-order valence-electron chi connectivity index (χ2n) is 7.28. The molecule has 0 spiro atoms. The number of benzene rings is 1. The first-order valence-corrected chi connectivity index (χ1v) is 9.30. The number of hydrogen-bond donors (Lipinski definition) is 0. The van der Waals surface area contributed by atoms with Gasteiger partial charge in [0.25, 0.3) is 0 Å². The number of pyridine rings is 2. The maximum Gasteiger partial charge on any atom is 0.216 e.